The summed E-state index contributed by atoms with van der Waals surface area (Å²) in [6.45, 7) is 2.18. The fourth-order valence-electron chi connectivity index (χ4n) is 1.87. The second-order valence-corrected chi connectivity index (χ2v) is 6.36. The summed E-state index contributed by atoms with van der Waals surface area (Å²) in [4.78, 5) is 19.2. The minimum absolute atomic E-state index is 0.463. The highest BCUT2D eigenvalue weighted by atomic mass is 32.2. The van der Waals surface area contributed by atoms with Gasteiger partial charge in [0.05, 0.1) is 6.42 Å². The molecule has 5 nitrogen and oxygen atoms in total. The average Bonchev–Trinajstić information content (AvgIpc) is 2.35. The maximum atomic E-state index is 10.9. The molecule has 0 radical (unpaired) electrons. The molecule has 0 aromatic rings. The predicted octanol–water partition coefficient (Wildman–Crippen LogP) is 3.11. The Kier molecular flexibility index (Phi) is 10.6. The molecule has 0 saturated carbocycles. The Morgan fingerprint density at radius 3 is 1.90 bits per heavy atom. The molecule has 1 atom stereocenters. The number of rotatable bonds is 13. The summed E-state index contributed by atoms with van der Waals surface area (Å²) < 4.78 is 0. The lowest BCUT2D eigenvalue weighted by Gasteiger charge is -2.20. The number of aliphatic hydroxyl groups is 1. The van der Waals surface area contributed by atoms with Crippen LogP contribution in [0.1, 0.15) is 64.7 Å². The van der Waals surface area contributed by atoms with Gasteiger partial charge in [-0.25, -0.2) is 4.79 Å². The van der Waals surface area contributed by atoms with E-state index in [0.29, 0.717) is 5.75 Å². The highest BCUT2D eigenvalue weighted by molar-refractivity contribution is 8.01. The molecule has 118 valence electrons. The van der Waals surface area contributed by atoms with E-state index in [9.17, 15) is 14.7 Å². The Hall–Kier alpha value is -0.750. The molecule has 0 spiro atoms. The average molecular weight is 306 g/mol. The molecule has 0 aliphatic heterocycles. The van der Waals surface area contributed by atoms with Crippen molar-refractivity contribution in [2.45, 2.75) is 69.6 Å². The first-order chi connectivity index (χ1) is 9.42. The van der Waals surface area contributed by atoms with E-state index >= 15 is 0 Å². The van der Waals surface area contributed by atoms with Gasteiger partial charge in [-0.1, -0.05) is 51.9 Å². The van der Waals surface area contributed by atoms with Crippen LogP contribution in [0, 0.1) is 0 Å². The van der Waals surface area contributed by atoms with Crippen LogP contribution in [0.3, 0.4) is 0 Å². The molecule has 0 saturated heterocycles. The molecular weight excluding hydrogens is 280 g/mol. The molecular formula is C14H26O5S. The fraction of sp³-hybridized carbons (Fsp3) is 0.857. The third kappa shape index (κ3) is 9.20. The van der Waals surface area contributed by atoms with E-state index in [-0.39, 0.29) is 0 Å². The minimum Gasteiger partial charge on any atom is -0.481 e. The lowest BCUT2D eigenvalue weighted by Crippen LogP contribution is -2.37. The number of carboxylic acids is 2. The van der Waals surface area contributed by atoms with E-state index in [0.717, 1.165) is 31.0 Å². The van der Waals surface area contributed by atoms with Crippen LogP contribution in [0.25, 0.3) is 0 Å². The number of hydrogen-bond donors (Lipinski definition) is 3. The molecule has 0 heterocycles. The zero-order valence-electron chi connectivity index (χ0n) is 12.1. The lowest BCUT2D eigenvalue weighted by molar-refractivity contribution is -0.155. The summed E-state index contributed by atoms with van der Waals surface area (Å²) in [5.41, 5.74) is 0. The first-order valence-corrected chi connectivity index (χ1v) is 8.22. The molecule has 20 heavy (non-hydrogen) atoms. The minimum atomic E-state index is -2.20. The highest BCUT2D eigenvalue weighted by Gasteiger charge is 2.38. The van der Waals surface area contributed by atoms with Gasteiger partial charge < -0.3 is 15.3 Å². The highest BCUT2D eigenvalue weighted by Crippen LogP contribution is 2.28. The van der Waals surface area contributed by atoms with Gasteiger partial charge in [0.25, 0.3) is 0 Å². The summed E-state index contributed by atoms with van der Waals surface area (Å²) in [5.74, 6) is -2.33. The number of hydrogen-bond acceptors (Lipinski definition) is 4. The standard InChI is InChI=1S/C14H26O5S/c1-2-3-4-5-6-7-8-9-10-20-14(19,13(17)18)11-12(15)16/h19H,2-11H2,1H3,(H,15,16)(H,17,18). The first kappa shape index (κ1) is 19.2. The number of aliphatic carboxylic acids is 2. The van der Waals surface area contributed by atoms with E-state index in [1.54, 1.807) is 0 Å². The quantitative estimate of drug-likeness (QED) is 0.357. The van der Waals surface area contributed by atoms with Gasteiger partial charge in [-0.15, -0.1) is 11.8 Å². The van der Waals surface area contributed by atoms with Crippen molar-refractivity contribution in [2.24, 2.45) is 0 Å². The zero-order chi connectivity index (χ0) is 15.4. The molecule has 0 aliphatic rings. The molecule has 6 heteroatoms. The van der Waals surface area contributed by atoms with Crippen LogP contribution < -0.4 is 0 Å². The van der Waals surface area contributed by atoms with Crippen LogP contribution in [-0.2, 0) is 9.59 Å². The van der Waals surface area contributed by atoms with Crippen molar-refractivity contribution in [3.8, 4) is 0 Å². The van der Waals surface area contributed by atoms with E-state index in [1.807, 2.05) is 0 Å². The predicted molar refractivity (Wildman–Crippen MR) is 79.9 cm³/mol. The number of carboxylic acid groups (broad SMARTS) is 2. The molecule has 0 aromatic heterocycles. The molecule has 0 rings (SSSR count). The number of thioether (sulfide) groups is 1. The Morgan fingerprint density at radius 2 is 1.45 bits per heavy atom. The second kappa shape index (κ2) is 11.0. The second-order valence-electron chi connectivity index (χ2n) is 4.98. The van der Waals surface area contributed by atoms with Gasteiger partial charge in [0, 0.05) is 0 Å². The molecule has 0 fully saturated rings. The fourth-order valence-corrected chi connectivity index (χ4v) is 2.91. The van der Waals surface area contributed by atoms with Gasteiger partial charge in [0.2, 0.25) is 4.93 Å². The molecule has 1 unspecified atom stereocenters. The summed E-state index contributed by atoms with van der Waals surface area (Å²) in [6, 6.07) is 0. The van der Waals surface area contributed by atoms with Crippen LogP contribution in [0.4, 0.5) is 0 Å². The van der Waals surface area contributed by atoms with Crippen LogP contribution in [-0.4, -0.2) is 37.9 Å². The van der Waals surface area contributed by atoms with Crippen LogP contribution >= 0.6 is 11.8 Å². The van der Waals surface area contributed by atoms with Crippen molar-refractivity contribution in [3.63, 3.8) is 0 Å². The summed E-state index contributed by atoms with van der Waals surface area (Å²) in [5, 5.41) is 27.2. The topological polar surface area (TPSA) is 94.8 Å². The monoisotopic (exact) mass is 306 g/mol. The van der Waals surface area contributed by atoms with Crippen molar-refractivity contribution >= 4 is 23.7 Å². The Balaban J connectivity index is 3.70. The molecule has 3 N–H and O–H groups in total. The molecule has 0 aliphatic carbocycles. The van der Waals surface area contributed by atoms with Gasteiger partial charge in [-0.05, 0) is 12.2 Å². The first-order valence-electron chi connectivity index (χ1n) is 7.24. The van der Waals surface area contributed by atoms with E-state index < -0.39 is 23.3 Å². The Labute approximate surface area is 124 Å². The van der Waals surface area contributed by atoms with Gasteiger partial charge in [-0.3, -0.25) is 4.79 Å². The van der Waals surface area contributed by atoms with Crippen molar-refractivity contribution in [1.29, 1.82) is 0 Å². The maximum absolute atomic E-state index is 10.9. The third-order valence-electron chi connectivity index (χ3n) is 3.06. The third-order valence-corrected chi connectivity index (χ3v) is 4.35. The summed E-state index contributed by atoms with van der Waals surface area (Å²) >= 11 is 0.807. The largest absolute Gasteiger partial charge is 0.481 e. The van der Waals surface area contributed by atoms with Crippen molar-refractivity contribution in [3.05, 3.63) is 0 Å². The van der Waals surface area contributed by atoms with Crippen LogP contribution in [0.2, 0.25) is 0 Å². The normalized spacial score (nSPS) is 13.9. The van der Waals surface area contributed by atoms with Gasteiger partial charge >= 0.3 is 11.9 Å². The van der Waals surface area contributed by atoms with Gasteiger partial charge in [0.15, 0.2) is 0 Å². The van der Waals surface area contributed by atoms with Gasteiger partial charge in [0.1, 0.15) is 0 Å². The number of unbranched alkanes of at least 4 members (excludes halogenated alkanes) is 7. The van der Waals surface area contributed by atoms with E-state index in [2.05, 4.69) is 6.92 Å². The number of carbonyl (C=O) groups is 2. The van der Waals surface area contributed by atoms with Crippen molar-refractivity contribution in [1.82, 2.24) is 0 Å². The summed E-state index contributed by atoms with van der Waals surface area (Å²) in [7, 11) is 0. The zero-order valence-corrected chi connectivity index (χ0v) is 13.0. The van der Waals surface area contributed by atoms with Crippen LogP contribution in [0.5, 0.6) is 0 Å². The Morgan fingerprint density at radius 1 is 0.950 bits per heavy atom. The Bertz CT molecular complexity index is 295. The lowest BCUT2D eigenvalue weighted by atomic mass is 10.1. The van der Waals surface area contributed by atoms with Crippen molar-refractivity contribution < 1.29 is 24.9 Å². The SMILES string of the molecule is CCCCCCCCCCSC(O)(CC(=O)O)C(=O)O. The molecule has 0 bridgehead atoms. The van der Waals surface area contributed by atoms with E-state index in [1.165, 1.54) is 32.1 Å². The van der Waals surface area contributed by atoms with Crippen LogP contribution in [0.15, 0.2) is 0 Å². The molecule has 0 amide bonds. The van der Waals surface area contributed by atoms with E-state index in [4.69, 9.17) is 10.2 Å². The summed E-state index contributed by atoms with van der Waals surface area (Å²) in [6.07, 6.45) is 8.31. The maximum Gasteiger partial charge on any atom is 0.347 e. The molecule has 0 aromatic carbocycles. The smallest absolute Gasteiger partial charge is 0.347 e. The van der Waals surface area contributed by atoms with Gasteiger partial charge in [-0.2, -0.15) is 0 Å². The van der Waals surface area contributed by atoms with Crippen molar-refractivity contribution in [2.75, 3.05) is 5.75 Å².